The minimum atomic E-state index is -0.448. The zero-order chi connectivity index (χ0) is 18.8. The fourth-order valence-electron chi connectivity index (χ4n) is 2.33. The summed E-state index contributed by atoms with van der Waals surface area (Å²) >= 11 is 0. The first-order chi connectivity index (χ1) is 12.6. The average molecular weight is 352 g/mol. The van der Waals surface area contributed by atoms with E-state index in [-0.39, 0.29) is 11.8 Å². The van der Waals surface area contributed by atoms with Gasteiger partial charge in [0.25, 0.3) is 0 Å². The Morgan fingerprint density at radius 2 is 1.00 bits per heavy atom. The summed E-state index contributed by atoms with van der Waals surface area (Å²) < 4.78 is 11.8. The summed E-state index contributed by atoms with van der Waals surface area (Å²) in [5, 5.41) is 0. The molecule has 0 N–H and O–H groups in total. The molecular weight excluding hydrogens is 328 g/mol. The Morgan fingerprint density at radius 3 is 1.31 bits per heavy atom. The highest BCUT2D eigenvalue weighted by Crippen LogP contribution is 2.19. The van der Waals surface area contributed by atoms with E-state index >= 15 is 0 Å². The van der Waals surface area contributed by atoms with Crippen LogP contribution in [0.4, 0.5) is 0 Å². The van der Waals surface area contributed by atoms with Gasteiger partial charge in [-0.3, -0.25) is 0 Å². The molecule has 4 unspecified atom stereocenters. The van der Waals surface area contributed by atoms with Crippen molar-refractivity contribution >= 4 is 12.6 Å². The van der Waals surface area contributed by atoms with Gasteiger partial charge < -0.3 is 19.1 Å². The standard InChI is InChI=1S/C22H24O4/c1-17(15-23)21(25-19-9-5-3-6-10-19)13-14-22(18(2)16-24)26-20-11-7-4-8-12-20/h3-18,21-22H,1-2H3. The number of carbonyl (C=O) groups excluding carboxylic acids is 2. The molecule has 0 saturated carbocycles. The number of carbonyl (C=O) groups is 2. The predicted molar refractivity (Wildman–Crippen MR) is 101 cm³/mol. The fraction of sp³-hybridized carbons (Fsp3) is 0.273. The molecule has 0 aliphatic rings. The van der Waals surface area contributed by atoms with E-state index in [9.17, 15) is 9.59 Å². The predicted octanol–water partition coefficient (Wildman–Crippen LogP) is 4.11. The van der Waals surface area contributed by atoms with Crippen molar-refractivity contribution in [3.05, 3.63) is 72.8 Å². The molecule has 0 aromatic heterocycles. The van der Waals surface area contributed by atoms with Gasteiger partial charge in [-0.15, -0.1) is 0 Å². The molecule has 4 atom stereocenters. The maximum Gasteiger partial charge on any atom is 0.126 e. The number of hydrogen-bond acceptors (Lipinski definition) is 4. The minimum absolute atomic E-state index is 0.338. The summed E-state index contributed by atoms with van der Waals surface area (Å²) in [5.41, 5.74) is 0. The van der Waals surface area contributed by atoms with Gasteiger partial charge in [-0.2, -0.15) is 0 Å². The highest BCUT2D eigenvalue weighted by Gasteiger charge is 2.20. The van der Waals surface area contributed by atoms with Crippen molar-refractivity contribution in [1.29, 1.82) is 0 Å². The van der Waals surface area contributed by atoms with E-state index in [4.69, 9.17) is 9.47 Å². The zero-order valence-corrected chi connectivity index (χ0v) is 15.0. The maximum atomic E-state index is 11.3. The second-order valence-electron chi connectivity index (χ2n) is 6.17. The first-order valence-electron chi connectivity index (χ1n) is 8.66. The van der Waals surface area contributed by atoms with Crippen molar-refractivity contribution in [2.75, 3.05) is 0 Å². The summed E-state index contributed by atoms with van der Waals surface area (Å²) in [4.78, 5) is 22.5. The summed E-state index contributed by atoms with van der Waals surface area (Å²) in [7, 11) is 0. The molecule has 136 valence electrons. The number of benzene rings is 2. The molecule has 0 aliphatic carbocycles. The van der Waals surface area contributed by atoms with Crippen molar-refractivity contribution in [3.8, 4) is 11.5 Å². The van der Waals surface area contributed by atoms with Crippen LogP contribution < -0.4 is 9.47 Å². The van der Waals surface area contributed by atoms with Crippen LogP contribution in [0.25, 0.3) is 0 Å². The van der Waals surface area contributed by atoms with Crippen molar-refractivity contribution in [2.24, 2.45) is 11.8 Å². The highest BCUT2D eigenvalue weighted by molar-refractivity contribution is 5.55. The minimum Gasteiger partial charge on any atom is -0.486 e. The van der Waals surface area contributed by atoms with Crippen LogP contribution in [-0.2, 0) is 9.59 Å². The quantitative estimate of drug-likeness (QED) is 0.477. The molecule has 0 spiro atoms. The molecule has 2 rings (SSSR count). The van der Waals surface area contributed by atoms with E-state index in [1.54, 1.807) is 26.0 Å². The Bertz CT molecular complexity index is 635. The Hall–Kier alpha value is -2.88. The molecular formula is C22H24O4. The van der Waals surface area contributed by atoms with Crippen molar-refractivity contribution in [1.82, 2.24) is 0 Å². The lowest BCUT2D eigenvalue weighted by atomic mass is 10.0. The van der Waals surface area contributed by atoms with Crippen LogP contribution in [0.5, 0.6) is 11.5 Å². The van der Waals surface area contributed by atoms with Crippen molar-refractivity contribution in [2.45, 2.75) is 26.1 Å². The lowest BCUT2D eigenvalue weighted by Crippen LogP contribution is -2.27. The largest absolute Gasteiger partial charge is 0.486 e. The van der Waals surface area contributed by atoms with Gasteiger partial charge in [0.05, 0.1) is 11.8 Å². The highest BCUT2D eigenvalue weighted by atomic mass is 16.5. The van der Waals surface area contributed by atoms with E-state index < -0.39 is 12.2 Å². The van der Waals surface area contributed by atoms with Gasteiger partial charge in [-0.25, -0.2) is 0 Å². The molecule has 0 fully saturated rings. The molecule has 0 heterocycles. The number of rotatable bonds is 10. The third-order valence-corrected chi connectivity index (χ3v) is 3.99. The topological polar surface area (TPSA) is 52.6 Å². The molecule has 2 aromatic carbocycles. The average Bonchev–Trinajstić information content (AvgIpc) is 2.70. The van der Waals surface area contributed by atoms with Gasteiger partial charge in [0.15, 0.2) is 0 Å². The van der Waals surface area contributed by atoms with Crippen molar-refractivity contribution in [3.63, 3.8) is 0 Å². The van der Waals surface area contributed by atoms with E-state index in [0.717, 1.165) is 12.6 Å². The molecule has 0 radical (unpaired) electrons. The first-order valence-corrected chi connectivity index (χ1v) is 8.66. The zero-order valence-electron chi connectivity index (χ0n) is 15.0. The number of hydrogen-bond donors (Lipinski definition) is 0. The van der Waals surface area contributed by atoms with Gasteiger partial charge in [0.1, 0.15) is 36.3 Å². The van der Waals surface area contributed by atoms with E-state index in [1.165, 1.54) is 0 Å². The lowest BCUT2D eigenvalue weighted by Gasteiger charge is -2.22. The molecule has 0 bridgehead atoms. The normalized spacial score (nSPS) is 15.6. The molecule has 26 heavy (non-hydrogen) atoms. The summed E-state index contributed by atoms with van der Waals surface area (Å²) in [6.45, 7) is 3.59. The second-order valence-corrected chi connectivity index (χ2v) is 6.17. The SMILES string of the molecule is CC(C=O)C(C=CC(Oc1ccccc1)C(C)C=O)Oc1ccccc1. The van der Waals surface area contributed by atoms with Crippen LogP contribution >= 0.6 is 0 Å². The Labute approximate surface area is 154 Å². The Morgan fingerprint density at radius 1 is 0.654 bits per heavy atom. The molecule has 2 aromatic rings. The molecule has 0 aliphatic heterocycles. The summed E-state index contributed by atoms with van der Waals surface area (Å²) in [6, 6.07) is 18.6. The van der Waals surface area contributed by atoms with Crippen LogP contribution in [0.3, 0.4) is 0 Å². The smallest absolute Gasteiger partial charge is 0.126 e. The number of aldehydes is 2. The summed E-state index contributed by atoms with van der Waals surface area (Å²) in [5.74, 6) is 0.686. The molecule has 0 saturated heterocycles. The maximum absolute atomic E-state index is 11.3. The van der Waals surface area contributed by atoms with Gasteiger partial charge in [0, 0.05) is 0 Å². The van der Waals surface area contributed by atoms with E-state index in [2.05, 4.69) is 0 Å². The van der Waals surface area contributed by atoms with Gasteiger partial charge in [-0.05, 0) is 36.4 Å². The van der Waals surface area contributed by atoms with Crippen LogP contribution in [0.15, 0.2) is 72.8 Å². The van der Waals surface area contributed by atoms with Gasteiger partial charge >= 0.3 is 0 Å². The molecule has 0 amide bonds. The molecule has 4 nitrogen and oxygen atoms in total. The van der Waals surface area contributed by atoms with Crippen LogP contribution in [-0.4, -0.2) is 24.8 Å². The monoisotopic (exact) mass is 352 g/mol. The Kier molecular flexibility index (Phi) is 7.62. The first kappa shape index (κ1) is 19.4. The van der Waals surface area contributed by atoms with Gasteiger partial charge in [-0.1, -0.05) is 50.2 Å². The fourth-order valence-corrected chi connectivity index (χ4v) is 2.33. The van der Waals surface area contributed by atoms with Crippen LogP contribution in [0.1, 0.15) is 13.8 Å². The van der Waals surface area contributed by atoms with Gasteiger partial charge in [0.2, 0.25) is 0 Å². The Balaban J connectivity index is 2.16. The number of ether oxygens (including phenoxy) is 2. The van der Waals surface area contributed by atoms with E-state index in [1.807, 2.05) is 60.7 Å². The van der Waals surface area contributed by atoms with Crippen LogP contribution in [0, 0.1) is 11.8 Å². The number of para-hydroxylation sites is 2. The van der Waals surface area contributed by atoms with Crippen molar-refractivity contribution < 1.29 is 19.1 Å². The van der Waals surface area contributed by atoms with Crippen LogP contribution in [0.2, 0.25) is 0 Å². The van der Waals surface area contributed by atoms with E-state index in [0.29, 0.717) is 11.5 Å². The second kappa shape index (κ2) is 10.2. The lowest BCUT2D eigenvalue weighted by molar-refractivity contribution is -0.113. The third kappa shape index (κ3) is 5.88. The summed E-state index contributed by atoms with van der Waals surface area (Å²) in [6.07, 6.45) is 4.40. The molecule has 4 heteroatoms. The third-order valence-electron chi connectivity index (χ3n) is 3.99.